The maximum atomic E-state index is 12.8. The zero-order valence-corrected chi connectivity index (χ0v) is 6.87. The van der Waals surface area contributed by atoms with Crippen LogP contribution in [-0.4, -0.2) is 4.98 Å². The Balaban J connectivity index is 3.28. The van der Waals surface area contributed by atoms with Gasteiger partial charge in [0, 0.05) is 5.69 Å². The van der Waals surface area contributed by atoms with Crippen molar-refractivity contribution in [3.05, 3.63) is 28.3 Å². The lowest BCUT2D eigenvalue weighted by Crippen LogP contribution is -1.96. The third kappa shape index (κ3) is 1.69. The Morgan fingerprint density at radius 1 is 1.50 bits per heavy atom. The van der Waals surface area contributed by atoms with Gasteiger partial charge in [-0.05, 0) is 13.0 Å². The van der Waals surface area contributed by atoms with Gasteiger partial charge in [0.2, 0.25) is 0 Å². The highest BCUT2D eigenvalue weighted by molar-refractivity contribution is 6.29. The second kappa shape index (κ2) is 3.31. The maximum Gasteiger partial charge on any atom is 0.266 e. The first-order valence-corrected chi connectivity index (χ1v) is 3.51. The predicted molar refractivity (Wildman–Crippen MR) is 38.9 cm³/mol. The zero-order valence-electron chi connectivity index (χ0n) is 6.11. The van der Waals surface area contributed by atoms with Gasteiger partial charge in [-0.1, -0.05) is 11.6 Å². The monoisotopic (exact) mass is 195 g/mol. The number of pyridine rings is 1. The minimum atomic E-state index is -2.86. The van der Waals surface area contributed by atoms with E-state index < -0.39 is 23.0 Å². The van der Waals surface area contributed by atoms with Gasteiger partial charge in [-0.3, -0.25) is 0 Å². The number of hydrogen-bond donors (Lipinski definition) is 0. The molecular formula is C7H5ClF3N. The lowest BCUT2D eigenvalue weighted by Gasteiger charge is -2.03. The van der Waals surface area contributed by atoms with Crippen molar-refractivity contribution in [2.45, 2.75) is 13.3 Å². The highest BCUT2D eigenvalue weighted by atomic mass is 35.5. The SMILES string of the molecule is Cc1cc(C(F)F)c(F)c(Cl)n1. The van der Waals surface area contributed by atoms with E-state index in [1.165, 1.54) is 6.92 Å². The Morgan fingerprint density at radius 3 is 2.58 bits per heavy atom. The van der Waals surface area contributed by atoms with Crippen molar-refractivity contribution in [1.82, 2.24) is 4.98 Å². The van der Waals surface area contributed by atoms with E-state index in [1.54, 1.807) is 0 Å². The van der Waals surface area contributed by atoms with Gasteiger partial charge < -0.3 is 0 Å². The first kappa shape index (κ1) is 9.32. The van der Waals surface area contributed by atoms with Gasteiger partial charge >= 0.3 is 0 Å². The molecule has 0 aliphatic carbocycles. The minimum absolute atomic E-state index is 0.275. The molecule has 0 N–H and O–H groups in total. The molecule has 0 aliphatic heterocycles. The predicted octanol–water partition coefficient (Wildman–Crippen LogP) is 3.12. The van der Waals surface area contributed by atoms with Crippen LogP contribution < -0.4 is 0 Å². The summed E-state index contributed by atoms with van der Waals surface area (Å²) < 4.78 is 36.9. The van der Waals surface area contributed by atoms with Gasteiger partial charge in [-0.25, -0.2) is 18.2 Å². The average molecular weight is 196 g/mol. The van der Waals surface area contributed by atoms with Crippen molar-refractivity contribution in [2.24, 2.45) is 0 Å². The van der Waals surface area contributed by atoms with Crippen LogP contribution in [0.25, 0.3) is 0 Å². The topological polar surface area (TPSA) is 12.9 Å². The van der Waals surface area contributed by atoms with E-state index in [1.807, 2.05) is 0 Å². The molecule has 0 aliphatic rings. The van der Waals surface area contributed by atoms with Crippen molar-refractivity contribution in [1.29, 1.82) is 0 Å². The van der Waals surface area contributed by atoms with Crippen molar-refractivity contribution in [3.63, 3.8) is 0 Å². The van der Waals surface area contributed by atoms with Crippen molar-refractivity contribution in [3.8, 4) is 0 Å². The van der Waals surface area contributed by atoms with Crippen LogP contribution >= 0.6 is 11.6 Å². The standard InChI is InChI=1S/C7H5ClF3N/c1-3-2-4(7(10)11)5(9)6(8)12-3/h2,7H,1H3. The molecule has 0 amide bonds. The molecule has 12 heavy (non-hydrogen) atoms. The molecule has 1 heterocycles. The van der Waals surface area contributed by atoms with Crippen LogP contribution in [0.15, 0.2) is 6.07 Å². The fourth-order valence-corrected chi connectivity index (χ4v) is 1.04. The zero-order chi connectivity index (χ0) is 9.30. The molecule has 0 aromatic carbocycles. The molecule has 0 spiro atoms. The van der Waals surface area contributed by atoms with Crippen molar-refractivity contribution in [2.75, 3.05) is 0 Å². The number of alkyl halides is 2. The molecule has 0 atom stereocenters. The second-order valence-corrected chi connectivity index (χ2v) is 2.62. The first-order chi connectivity index (χ1) is 5.52. The Hall–Kier alpha value is -0.770. The van der Waals surface area contributed by atoms with E-state index in [9.17, 15) is 13.2 Å². The van der Waals surface area contributed by atoms with Crippen LogP contribution in [0.2, 0.25) is 5.15 Å². The summed E-state index contributed by atoms with van der Waals surface area (Å²) >= 11 is 5.24. The van der Waals surface area contributed by atoms with Crippen molar-refractivity contribution < 1.29 is 13.2 Å². The van der Waals surface area contributed by atoms with E-state index in [4.69, 9.17) is 11.6 Å². The van der Waals surface area contributed by atoms with Gasteiger partial charge in [-0.15, -0.1) is 0 Å². The Bertz CT molecular complexity index is 301. The number of nitrogens with zero attached hydrogens (tertiary/aromatic N) is 1. The summed E-state index contributed by atoms with van der Waals surface area (Å²) in [5.74, 6) is -1.14. The molecule has 0 fully saturated rings. The van der Waals surface area contributed by atoms with Crippen LogP contribution in [0.5, 0.6) is 0 Å². The number of halogens is 4. The van der Waals surface area contributed by atoms with Gasteiger partial charge in [-0.2, -0.15) is 0 Å². The fraction of sp³-hybridized carbons (Fsp3) is 0.286. The summed E-state index contributed by atoms with van der Waals surface area (Å²) in [4.78, 5) is 3.47. The maximum absolute atomic E-state index is 12.8. The molecular weight excluding hydrogens is 191 g/mol. The van der Waals surface area contributed by atoms with E-state index in [2.05, 4.69) is 4.98 Å². The highest BCUT2D eigenvalue weighted by Gasteiger charge is 2.17. The largest absolute Gasteiger partial charge is 0.266 e. The summed E-state index contributed by atoms with van der Waals surface area (Å²) in [6.07, 6.45) is -2.86. The summed E-state index contributed by atoms with van der Waals surface area (Å²) in [7, 11) is 0. The van der Waals surface area contributed by atoms with Crippen LogP contribution in [0, 0.1) is 12.7 Å². The molecule has 1 rings (SSSR count). The van der Waals surface area contributed by atoms with Crippen LogP contribution in [0.3, 0.4) is 0 Å². The fourth-order valence-electron chi connectivity index (χ4n) is 0.802. The lowest BCUT2D eigenvalue weighted by molar-refractivity contribution is 0.146. The third-order valence-electron chi connectivity index (χ3n) is 1.31. The average Bonchev–Trinajstić information content (AvgIpc) is 1.96. The molecule has 0 unspecified atom stereocenters. The Kier molecular flexibility index (Phi) is 2.57. The summed E-state index contributed by atoms with van der Waals surface area (Å²) in [5.41, 5.74) is -0.427. The van der Waals surface area contributed by atoms with E-state index in [0.717, 1.165) is 6.07 Å². The molecule has 0 radical (unpaired) electrons. The minimum Gasteiger partial charge on any atom is -0.238 e. The molecule has 1 aromatic rings. The Morgan fingerprint density at radius 2 is 2.08 bits per heavy atom. The van der Waals surface area contributed by atoms with E-state index >= 15 is 0 Å². The molecule has 5 heteroatoms. The lowest BCUT2D eigenvalue weighted by atomic mass is 10.2. The Labute approximate surface area is 72.2 Å². The number of rotatable bonds is 1. The summed E-state index contributed by atoms with van der Waals surface area (Å²) in [6, 6.07) is 0.978. The molecule has 66 valence electrons. The smallest absolute Gasteiger partial charge is 0.238 e. The van der Waals surface area contributed by atoms with Gasteiger partial charge in [0.05, 0.1) is 5.56 Å². The quantitative estimate of drug-likeness (QED) is 0.628. The molecule has 0 bridgehead atoms. The highest BCUT2D eigenvalue weighted by Crippen LogP contribution is 2.26. The molecule has 0 saturated carbocycles. The number of aromatic nitrogens is 1. The van der Waals surface area contributed by atoms with E-state index in [0.29, 0.717) is 0 Å². The van der Waals surface area contributed by atoms with Gasteiger partial charge in [0.15, 0.2) is 11.0 Å². The van der Waals surface area contributed by atoms with Crippen LogP contribution in [-0.2, 0) is 0 Å². The van der Waals surface area contributed by atoms with Gasteiger partial charge in [0.25, 0.3) is 6.43 Å². The first-order valence-electron chi connectivity index (χ1n) is 3.13. The normalized spacial score (nSPS) is 10.8. The van der Waals surface area contributed by atoms with Crippen LogP contribution in [0.4, 0.5) is 13.2 Å². The van der Waals surface area contributed by atoms with Crippen molar-refractivity contribution >= 4 is 11.6 Å². The van der Waals surface area contributed by atoms with Crippen LogP contribution in [0.1, 0.15) is 17.7 Å². The third-order valence-corrected chi connectivity index (χ3v) is 1.56. The number of hydrogen-bond acceptors (Lipinski definition) is 1. The van der Waals surface area contributed by atoms with Gasteiger partial charge in [0.1, 0.15) is 0 Å². The molecule has 0 saturated heterocycles. The second-order valence-electron chi connectivity index (χ2n) is 2.26. The van der Waals surface area contributed by atoms with E-state index in [-0.39, 0.29) is 5.69 Å². The summed E-state index contributed by atoms with van der Waals surface area (Å²) in [6.45, 7) is 1.47. The summed E-state index contributed by atoms with van der Waals surface area (Å²) in [5, 5.41) is -0.509. The molecule has 1 nitrogen and oxygen atoms in total. The number of aryl methyl sites for hydroxylation is 1. The molecule has 1 aromatic heterocycles.